The van der Waals surface area contributed by atoms with E-state index in [4.69, 9.17) is 4.74 Å². The Morgan fingerprint density at radius 3 is 2.90 bits per heavy atom. The van der Waals surface area contributed by atoms with Gasteiger partial charge in [-0.05, 0) is 19.1 Å². The SMILES string of the molecule is CCOC(=O)C1=C(CSc2ncnc3c2cnn3-c2ccccc2)NC(=O)NC1. The maximum absolute atomic E-state index is 12.2. The summed E-state index contributed by atoms with van der Waals surface area (Å²) in [7, 11) is 0. The maximum atomic E-state index is 12.2. The van der Waals surface area contributed by atoms with E-state index in [1.165, 1.54) is 18.1 Å². The van der Waals surface area contributed by atoms with Crippen LogP contribution in [-0.2, 0) is 9.53 Å². The first kappa shape index (κ1) is 18.9. The lowest BCUT2D eigenvalue weighted by atomic mass is 10.2. The van der Waals surface area contributed by atoms with Crippen LogP contribution >= 0.6 is 11.8 Å². The lowest BCUT2D eigenvalue weighted by Gasteiger charge is -2.21. The van der Waals surface area contributed by atoms with Gasteiger partial charge in [0, 0.05) is 11.4 Å². The number of aromatic nitrogens is 4. The number of ether oxygens (including phenoxy) is 1. The standard InChI is InChI=1S/C19H18N6O3S/c1-2-28-18(26)13-8-20-19(27)24-15(13)10-29-17-14-9-23-25(16(14)21-11-22-17)12-6-4-3-5-7-12/h3-7,9,11H,2,8,10H2,1H3,(H2,20,24,27). The fraction of sp³-hybridized carbons (Fsp3) is 0.211. The van der Waals surface area contributed by atoms with Crippen LogP contribution in [-0.4, -0.2) is 50.7 Å². The zero-order chi connectivity index (χ0) is 20.2. The molecule has 0 fully saturated rings. The van der Waals surface area contributed by atoms with Crippen molar-refractivity contribution >= 4 is 34.8 Å². The number of benzene rings is 1. The van der Waals surface area contributed by atoms with Crippen LogP contribution in [0.4, 0.5) is 4.79 Å². The molecule has 29 heavy (non-hydrogen) atoms. The third kappa shape index (κ3) is 3.92. The number of urea groups is 1. The first-order chi connectivity index (χ1) is 14.2. The minimum atomic E-state index is -0.444. The van der Waals surface area contributed by atoms with Gasteiger partial charge in [-0.3, -0.25) is 0 Å². The van der Waals surface area contributed by atoms with Crippen LogP contribution in [0.2, 0.25) is 0 Å². The summed E-state index contributed by atoms with van der Waals surface area (Å²) >= 11 is 1.39. The Morgan fingerprint density at radius 1 is 1.28 bits per heavy atom. The minimum Gasteiger partial charge on any atom is -0.463 e. The summed E-state index contributed by atoms with van der Waals surface area (Å²) in [5, 5.41) is 11.2. The highest BCUT2D eigenvalue weighted by Gasteiger charge is 2.24. The Kier molecular flexibility index (Phi) is 5.43. The molecule has 10 heteroatoms. The summed E-state index contributed by atoms with van der Waals surface area (Å²) in [5.41, 5.74) is 2.50. The smallest absolute Gasteiger partial charge is 0.337 e. The van der Waals surface area contributed by atoms with Crippen molar-refractivity contribution in [3.05, 3.63) is 54.1 Å². The lowest BCUT2D eigenvalue weighted by molar-refractivity contribution is -0.138. The van der Waals surface area contributed by atoms with Gasteiger partial charge in [0.15, 0.2) is 5.65 Å². The van der Waals surface area contributed by atoms with Crippen LogP contribution < -0.4 is 10.6 Å². The number of esters is 1. The summed E-state index contributed by atoms with van der Waals surface area (Å²) in [5.74, 6) is -0.0928. The summed E-state index contributed by atoms with van der Waals surface area (Å²) in [4.78, 5) is 32.6. The second kappa shape index (κ2) is 8.31. The van der Waals surface area contributed by atoms with Crippen LogP contribution in [0.5, 0.6) is 0 Å². The molecule has 0 saturated carbocycles. The largest absolute Gasteiger partial charge is 0.463 e. The van der Waals surface area contributed by atoms with Gasteiger partial charge in [-0.2, -0.15) is 5.10 Å². The Morgan fingerprint density at radius 2 is 2.10 bits per heavy atom. The van der Waals surface area contributed by atoms with E-state index < -0.39 is 5.97 Å². The van der Waals surface area contributed by atoms with Crippen molar-refractivity contribution in [1.82, 2.24) is 30.4 Å². The molecule has 0 atom stereocenters. The zero-order valence-corrected chi connectivity index (χ0v) is 16.4. The minimum absolute atomic E-state index is 0.131. The third-order valence-electron chi connectivity index (χ3n) is 4.26. The average Bonchev–Trinajstić information content (AvgIpc) is 3.18. The second-order valence-electron chi connectivity index (χ2n) is 6.08. The summed E-state index contributed by atoms with van der Waals surface area (Å²) in [6.07, 6.45) is 3.19. The fourth-order valence-electron chi connectivity index (χ4n) is 2.91. The molecule has 0 spiro atoms. The van der Waals surface area contributed by atoms with Gasteiger partial charge in [0.2, 0.25) is 0 Å². The quantitative estimate of drug-likeness (QED) is 0.363. The van der Waals surface area contributed by atoms with E-state index in [0.717, 1.165) is 11.1 Å². The van der Waals surface area contributed by atoms with Gasteiger partial charge in [-0.25, -0.2) is 24.2 Å². The molecule has 1 aliphatic rings. The number of nitrogens with zero attached hydrogens (tertiary/aromatic N) is 4. The number of rotatable bonds is 6. The fourth-order valence-corrected chi connectivity index (χ4v) is 3.85. The molecule has 2 N–H and O–H groups in total. The lowest BCUT2D eigenvalue weighted by Crippen LogP contribution is -2.44. The molecular weight excluding hydrogens is 392 g/mol. The Bertz CT molecular complexity index is 1100. The van der Waals surface area contributed by atoms with Gasteiger partial charge in [-0.1, -0.05) is 30.0 Å². The number of hydrogen-bond donors (Lipinski definition) is 2. The van der Waals surface area contributed by atoms with Crippen molar-refractivity contribution in [3.8, 4) is 5.69 Å². The first-order valence-electron chi connectivity index (χ1n) is 8.98. The monoisotopic (exact) mass is 410 g/mol. The number of carbonyl (C=O) groups excluding carboxylic acids is 2. The zero-order valence-electron chi connectivity index (χ0n) is 15.6. The molecule has 0 saturated heterocycles. The summed E-state index contributed by atoms with van der Waals surface area (Å²) in [6, 6.07) is 9.35. The van der Waals surface area contributed by atoms with Crippen LogP contribution in [0.15, 0.2) is 59.2 Å². The molecular formula is C19H18N6O3S. The molecule has 3 aromatic rings. The Balaban J connectivity index is 1.62. The van der Waals surface area contributed by atoms with Crippen LogP contribution in [0.25, 0.3) is 16.7 Å². The van der Waals surface area contributed by atoms with Gasteiger partial charge in [-0.15, -0.1) is 0 Å². The summed E-state index contributed by atoms with van der Waals surface area (Å²) in [6.45, 7) is 2.14. The van der Waals surface area contributed by atoms with E-state index in [0.29, 0.717) is 27.7 Å². The van der Waals surface area contributed by atoms with Gasteiger partial charge in [0.05, 0.1) is 36.0 Å². The van der Waals surface area contributed by atoms with E-state index in [2.05, 4.69) is 25.7 Å². The molecule has 0 radical (unpaired) electrons. The highest BCUT2D eigenvalue weighted by atomic mass is 32.2. The predicted molar refractivity (Wildman–Crippen MR) is 108 cm³/mol. The van der Waals surface area contributed by atoms with Gasteiger partial charge < -0.3 is 15.4 Å². The van der Waals surface area contributed by atoms with E-state index in [9.17, 15) is 9.59 Å². The summed E-state index contributed by atoms with van der Waals surface area (Å²) < 4.78 is 6.83. The van der Waals surface area contributed by atoms with Crippen molar-refractivity contribution in [2.24, 2.45) is 0 Å². The Hall–Kier alpha value is -3.40. The van der Waals surface area contributed by atoms with E-state index >= 15 is 0 Å². The Labute approximate surface area is 170 Å². The average molecular weight is 410 g/mol. The third-order valence-corrected chi connectivity index (χ3v) is 5.29. The highest BCUT2D eigenvalue weighted by Crippen LogP contribution is 2.27. The second-order valence-corrected chi connectivity index (χ2v) is 7.05. The molecule has 1 aliphatic heterocycles. The van der Waals surface area contributed by atoms with Crippen molar-refractivity contribution < 1.29 is 14.3 Å². The first-order valence-corrected chi connectivity index (χ1v) is 9.97. The van der Waals surface area contributed by atoms with Crippen LogP contribution in [0.3, 0.4) is 0 Å². The number of para-hydroxylation sites is 1. The molecule has 1 aromatic carbocycles. The molecule has 3 heterocycles. The molecule has 9 nitrogen and oxygen atoms in total. The number of nitrogens with one attached hydrogen (secondary N) is 2. The molecule has 0 unspecified atom stereocenters. The van der Waals surface area contributed by atoms with Crippen molar-refractivity contribution in [3.63, 3.8) is 0 Å². The van der Waals surface area contributed by atoms with Crippen molar-refractivity contribution in [2.75, 3.05) is 18.9 Å². The predicted octanol–water partition coefficient (Wildman–Crippen LogP) is 2.04. The van der Waals surface area contributed by atoms with E-state index in [-0.39, 0.29) is 19.2 Å². The van der Waals surface area contributed by atoms with E-state index in [1.54, 1.807) is 17.8 Å². The van der Waals surface area contributed by atoms with Crippen LogP contribution in [0.1, 0.15) is 6.92 Å². The maximum Gasteiger partial charge on any atom is 0.337 e. The van der Waals surface area contributed by atoms with Gasteiger partial charge in [0.1, 0.15) is 11.4 Å². The molecule has 0 bridgehead atoms. The number of thioether (sulfide) groups is 1. The van der Waals surface area contributed by atoms with Gasteiger partial charge >= 0.3 is 12.0 Å². The van der Waals surface area contributed by atoms with Crippen LogP contribution in [0, 0.1) is 0 Å². The van der Waals surface area contributed by atoms with Gasteiger partial charge in [0.25, 0.3) is 0 Å². The normalized spacial score (nSPS) is 13.9. The van der Waals surface area contributed by atoms with E-state index in [1.807, 2.05) is 30.3 Å². The number of carbonyl (C=O) groups is 2. The highest BCUT2D eigenvalue weighted by molar-refractivity contribution is 7.99. The van der Waals surface area contributed by atoms with Crippen molar-refractivity contribution in [1.29, 1.82) is 0 Å². The number of hydrogen-bond acceptors (Lipinski definition) is 7. The number of fused-ring (bicyclic) bond motifs is 1. The molecule has 148 valence electrons. The number of amides is 2. The van der Waals surface area contributed by atoms with Crippen molar-refractivity contribution in [2.45, 2.75) is 11.9 Å². The molecule has 2 aromatic heterocycles. The molecule has 2 amide bonds. The topological polar surface area (TPSA) is 111 Å². The molecule has 4 rings (SSSR count). The molecule has 0 aliphatic carbocycles.